The van der Waals surface area contributed by atoms with Crippen LogP contribution in [0.2, 0.25) is 0 Å². The summed E-state index contributed by atoms with van der Waals surface area (Å²) in [6.07, 6.45) is 5.77. The number of carbonyl (C=O) groups is 2. The van der Waals surface area contributed by atoms with Crippen LogP contribution in [0.25, 0.3) is 0 Å². The molecular weight excluding hydrogens is 348 g/mol. The molecule has 0 bridgehead atoms. The molecule has 0 unspecified atom stereocenters. The minimum Gasteiger partial charge on any atom is -0.366 e. The van der Waals surface area contributed by atoms with Gasteiger partial charge in [0.1, 0.15) is 5.00 Å². The van der Waals surface area contributed by atoms with Crippen molar-refractivity contribution in [3.63, 3.8) is 0 Å². The van der Waals surface area contributed by atoms with Crippen molar-refractivity contribution in [2.45, 2.75) is 43.3 Å². The van der Waals surface area contributed by atoms with Gasteiger partial charge in [-0.15, -0.1) is 16.4 Å². The summed E-state index contributed by atoms with van der Waals surface area (Å²) in [6, 6.07) is 1.91. The van der Waals surface area contributed by atoms with Crippen molar-refractivity contribution in [2.24, 2.45) is 5.73 Å². The summed E-state index contributed by atoms with van der Waals surface area (Å²) >= 11 is 2.56. The van der Waals surface area contributed by atoms with Gasteiger partial charge in [0, 0.05) is 0 Å². The summed E-state index contributed by atoms with van der Waals surface area (Å²) in [7, 11) is 0. The first-order chi connectivity index (χ1) is 11.6. The molecule has 0 aromatic carbocycles. The van der Waals surface area contributed by atoms with Crippen molar-refractivity contribution < 1.29 is 9.59 Å². The highest BCUT2D eigenvalue weighted by atomic mass is 32.2. The molecule has 0 atom stereocenters. The Morgan fingerprint density at radius 2 is 2.17 bits per heavy atom. The Morgan fingerprint density at radius 3 is 2.92 bits per heavy atom. The first kappa shape index (κ1) is 16.9. The van der Waals surface area contributed by atoms with Gasteiger partial charge in [0.15, 0.2) is 0 Å². The lowest BCUT2D eigenvalue weighted by Gasteiger charge is -2.21. The van der Waals surface area contributed by atoms with Crippen LogP contribution in [0.15, 0.2) is 16.6 Å². The Morgan fingerprint density at radius 1 is 1.38 bits per heavy atom. The van der Waals surface area contributed by atoms with E-state index in [1.807, 2.05) is 4.68 Å². The highest BCUT2D eigenvalue weighted by Gasteiger charge is 2.21. The number of rotatable bonds is 6. The molecule has 2 aromatic rings. The normalized spacial score (nSPS) is 15.3. The number of carbonyl (C=O) groups excluding carboxylic acids is 2. The fourth-order valence-corrected chi connectivity index (χ4v) is 4.28. The van der Waals surface area contributed by atoms with Gasteiger partial charge in [-0.2, -0.15) is 0 Å². The average molecular weight is 366 g/mol. The van der Waals surface area contributed by atoms with Crippen molar-refractivity contribution in [3.05, 3.63) is 17.0 Å². The van der Waals surface area contributed by atoms with Crippen molar-refractivity contribution in [3.8, 4) is 0 Å². The first-order valence-electron chi connectivity index (χ1n) is 7.73. The molecule has 8 nitrogen and oxygen atoms in total. The third-order valence-electron chi connectivity index (χ3n) is 3.90. The quantitative estimate of drug-likeness (QED) is 0.756. The number of nitrogens with one attached hydrogen (secondary N) is 1. The summed E-state index contributed by atoms with van der Waals surface area (Å²) in [4.78, 5) is 23.4. The molecule has 128 valence electrons. The molecule has 2 heterocycles. The van der Waals surface area contributed by atoms with E-state index in [0.717, 1.165) is 12.8 Å². The largest absolute Gasteiger partial charge is 0.366 e. The maximum Gasteiger partial charge on any atom is 0.251 e. The van der Waals surface area contributed by atoms with E-state index < -0.39 is 5.91 Å². The third kappa shape index (κ3) is 3.93. The molecule has 3 N–H and O–H groups in total. The molecule has 1 saturated carbocycles. The van der Waals surface area contributed by atoms with E-state index in [0.29, 0.717) is 21.8 Å². The van der Waals surface area contributed by atoms with Gasteiger partial charge >= 0.3 is 0 Å². The van der Waals surface area contributed by atoms with Crippen molar-refractivity contribution >= 4 is 39.9 Å². The van der Waals surface area contributed by atoms with Gasteiger partial charge in [-0.1, -0.05) is 31.0 Å². The second-order valence-corrected chi connectivity index (χ2v) is 7.42. The molecule has 1 aliphatic rings. The number of hydrogen-bond donors (Lipinski definition) is 2. The Bertz CT molecular complexity index is 722. The van der Waals surface area contributed by atoms with Crippen LogP contribution in [0.5, 0.6) is 0 Å². The number of tetrazole rings is 1. The molecule has 0 radical (unpaired) electrons. The SMILES string of the molecule is NC(=O)c1ccsc1NC(=O)CSc1nnnn1C1CCCCC1. The molecule has 24 heavy (non-hydrogen) atoms. The van der Waals surface area contributed by atoms with E-state index >= 15 is 0 Å². The number of thioether (sulfide) groups is 1. The van der Waals surface area contributed by atoms with Gasteiger partial charge in [0.25, 0.3) is 5.91 Å². The number of primary amides is 1. The summed E-state index contributed by atoms with van der Waals surface area (Å²) in [5.74, 6) is -0.605. The van der Waals surface area contributed by atoms with Gasteiger partial charge in [-0.05, 0) is 34.7 Å². The number of nitrogens with zero attached hydrogens (tertiary/aromatic N) is 4. The third-order valence-corrected chi connectivity index (χ3v) is 5.66. The molecule has 0 spiro atoms. The van der Waals surface area contributed by atoms with Crippen LogP contribution in [0.4, 0.5) is 5.00 Å². The van der Waals surface area contributed by atoms with E-state index in [2.05, 4.69) is 20.8 Å². The maximum absolute atomic E-state index is 12.1. The number of aromatic nitrogens is 4. The molecule has 0 aliphatic heterocycles. The molecular formula is C14H18N6O2S2. The van der Waals surface area contributed by atoms with Crippen molar-refractivity contribution in [1.29, 1.82) is 0 Å². The number of amides is 2. The summed E-state index contributed by atoms with van der Waals surface area (Å²) < 4.78 is 1.83. The van der Waals surface area contributed by atoms with Crippen LogP contribution < -0.4 is 11.1 Å². The molecule has 1 aliphatic carbocycles. The summed E-state index contributed by atoms with van der Waals surface area (Å²) in [5, 5.41) is 17.4. The van der Waals surface area contributed by atoms with E-state index in [1.165, 1.54) is 42.4 Å². The van der Waals surface area contributed by atoms with Crippen LogP contribution >= 0.6 is 23.1 Å². The van der Waals surface area contributed by atoms with Gasteiger partial charge in [-0.25, -0.2) is 4.68 Å². The topological polar surface area (TPSA) is 116 Å². The molecule has 10 heteroatoms. The maximum atomic E-state index is 12.1. The molecule has 1 fully saturated rings. The monoisotopic (exact) mass is 366 g/mol. The van der Waals surface area contributed by atoms with Gasteiger partial charge in [0.05, 0.1) is 17.4 Å². The zero-order chi connectivity index (χ0) is 16.9. The number of thiophene rings is 1. The fraction of sp³-hybridized carbons (Fsp3) is 0.500. The zero-order valence-electron chi connectivity index (χ0n) is 13.0. The predicted octanol–water partition coefficient (Wildman–Crippen LogP) is 2.07. The van der Waals surface area contributed by atoms with E-state index in [1.54, 1.807) is 11.4 Å². The first-order valence-corrected chi connectivity index (χ1v) is 9.59. The Balaban J connectivity index is 1.58. The van der Waals surface area contributed by atoms with Gasteiger partial charge in [-0.3, -0.25) is 9.59 Å². The molecule has 3 rings (SSSR count). The smallest absolute Gasteiger partial charge is 0.251 e. The van der Waals surface area contributed by atoms with Crippen LogP contribution in [-0.2, 0) is 4.79 Å². The van der Waals surface area contributed by atoms with Crippen LogP contribution in [0.3, 0.4) is 0 Å². The Hall–Kier alpha value is -1.94. The van der Waals surface area contributed by atoms with Crippen molar-refractivity contribution in [1.82, 2.24) is 20.2 Å². The Kier molecular flexibility index (Phi) is 5.46. The van der Waals surface area contributed by atoms with Gasteiger partial charge < -0.3 is 11.1 Å². The molecule has 2 aromatic heterocycles. The minimum atomic E-state index is -0.555. The average Bonchev–Trinajstić information content (AvgIpc) is 3.22. The second-order valence-electron chi connectivity index (χ2n) is 5.56. The molecule has 0 saturated heterocycles. The van der Waals surface area contributed by atoms with E-state index in [-0.39, 0.29) is 11.7 Å². The summed E-state index contributed by atoms with van der Waals surface area (Å²) in [5.41, 5.74) is 5.59. The van der Waals surface area contributed by atoms with E-state index in [4.69, 9.17) is 5.73 Å². The van der Waals surface area contributed by atoms with Gasteiger partial charge in [0.2, 0.25) is 11.1 Å². The van der Waals surface area contributed by atoms with Crippen LogP contribution in [0.1, 0.15) is 48.5 Å². The number of hydrogen-bond acceptors (Lipinski definition) is 7. The summed E-state index contributed by atoms with van der Waals surface area (Å²) in [6.45, 7) is 0. The predicted molar refractivity (Wildman–Crippen MR) is 92.1 cm³/mol. The lowest BCUT2D eigenvalue weighted by atomic mass is 9.96. The zero-order valence-corrected chi connectivity index (χ0v) is 14.6. The minimum absolute atomic E-state index is 0.170. The second kappa shape index (κ2) is 7.75. The standard InChI is InChI=1S/C14H18N6O2S2/c15-12(22)10-6-7-23-13(10)16-11(21)8-24-14-17-18-19-20(14)9-4-2-1-3-5-9/h6-7,9H,1-5,8H2,(H2,15,22)(H,16,21). The van der Waals surface area contributed by atoms with E-state index in [9.17, 15) is 9.59 Å². The Labute approximate surface area is 147 Å². The fourth-order valence-electron chi connectivity index (χ4n) is 2.73. The lowest BCUT2D eigenvalue weighted by molar-refractivity contribution is -0.113. The van der Waals surface area contributed by atoms with Crippen LogP contribution in [-0.4, -0.2) is 37.8 Å². The number of nitrogens with two attached hydrogens (primary N) is 1. The number of anilines is 1. The highest BCUT2D eigenvalue weighted by Crippen LogP contribution is 2.30. The molecule has 2 amide bonds. The highest BCUT2D eigenvalue weighted by molar-refractivity contribution is 7.99. The van der Waals surface area contributed by atoms with Crippen molar-refractivity contribution in [2.75, 3.05) is 11.1 Å². The lowest BCUT2D eigenvalue weighted by Crippen LogP contribution is -2.19. The van der Waals surface area contributed by atoms with Crippen LogP contribution in [0, 0.1) is 0 Å².